The van der Waals surface area contributed by atoms with Crippen LogP contribution in [0.5, 0.6) is 0 Å². The summed E-state index contributed by atoms with van der Waals surface area (Å²) in [6.07, 6.45) is 4.67. The molecule has 218 valence electrons. The second-order valence-corrected chi connectivity index (χ2v) is 14.5. The number of hydrogen-bond donors (Lipinski definition) is 0. The van der Waals surface area contributed by atoms with Crippen LogP contribution in [0.2, 0.25) is 0 Å². The van der Waals surface area contributed by atoms with Crippen LogP contribution < -0.4 is 0 Å². The molecular weight excluding hydrogens is 637 g/mol. The first-order chi connectivity index (χ1) is 18.8. The normalized spacial score (nSPS) is 23.0. The van der Waals surface area contributed by atoms with Crippen LogP contribution >= 0.6 is 69.6 Å². The molecule has 3 aliphatic carbocycles. The maximum absolute atomic E-state index is 11.4. The Morgan fingerprint density at radius 3 is 1.62 bits per heavy atom. The van der Waals surface area contributed by atoms with E-state index in [1.54, 1.807) is 0 Å². The van der Waals surface area contributed by atoms with Crippen LogP contribution in [0.1, 0.15) is 43.2 Å². The highest BCUT2D eigenvalue weighted by Gasteiger charge is 2.69. The van der Waals surface area contributed by atoms with Gasteiger partial charge in [-0.3, -0.25) is 9.59 Å². The van der Waals surface area contributed by atoms with Crippen molar-refractivity contribution >= 4 is 80.6 Å². The Bertz CT molecular complexity index is 1120. The standard InChI is InChI=1S/C15H16Cl2O2.C13H16O.C2Cl4O/c16-15(17)13(18)8-14(15)6-12(7-14)10-19-9-11-4-2-1-3-5-11;1-11-7-13(8-11)10-14-9-12-5-3-2-4-6-12;3-1(7)2(4,5)6/h1-5,12H,6-10H2;2-6,13H,1,7-10H2;. The molecule has 0 amide bonds. The number of carbonyl (C=O) groups is 2. The van der Waals surface area contributed by atoms with E-state index in [1.165, 1.54) is 16.7 Å². The van der Waals surface area contributed by atoms with Gasteiger partial charge < -0.3 is 9.47 Å². The number of Topliss-reactive ketones (excluding diaryl/α,β-unsaturated/α-hetero) is 1. The Morgan fingerprint density at radius 1 is 0.850 bits per heavy atom. The molecule has 3 aliphatic rings. The van der Waals surface area contributed by atoms with E-state index < -0.39 is 13.4 Å². The summed E-state index contributed by atoms with van der Waals surface area (Å²) >= 11 is 31.6. The van der Waals surface area contributed by atoms with Crippen molar-refractivity contribution in [1.29, 1.82) is 0 Å². The fourth-order valence-electron chi connectivity index (χ4n) is 4.99. The van der Waals surface area contributed by atoms with Crippen molar-refractivity contribution in [2.75, 3.05) is 13.2 Å². The Labute approximate surface area is 266 Å². The largest absolute Gasteiger partial charge is 0.376 e. The highest BCUT2D eigenvalue weighted by molar-refractivity contribution is 6.88. The lowest BCUT2D eigenvalue weighted by Gasteiger charge is -2.59. The van der Waals surface area contributed by atoms with Gasteiger partial charge in [0.05, 0.1) is 19.8 Å². The molecule has 0 N–H and O–H groups in total. The minimum atomic E-state index is -1.96. The molecule has 3 fully saturated rings. The van der Waals surface area contributed by atoms with Crippen LogP contribution in [0.15, 0.2) is 72.8 Å². The lowest BCUT2D eigenvalue weighted by molar-refractivity contribution is -0.147. The summed E-state index contributed by atoms with van der Waals surface area (Å²) in [7, 11) is 0. The number of ether oxygens (including phenoxy) is 2. The first kappa shape index (κ1) is 33.7. The molecule has 2 aromatic carbocycles. The second kappa shape index (κ2) is 15.1. The summed E-state index contributed by atoms with van der Waals surface area (Å²) in [4.78, 5) is 21.2. The fourth-order valence-corrected chi connectivity index (χ4v) is 5.57. The Morgan fingerprint density at radius 2 is 1.27 bits per heavy atom. The van der Waals surface area contributed by atoms with Crippen molar-refractivity contribution in [3.8, 4) is 0 Å². The van der Waals surface area contributed by atoms with Crippen LogP contribution in [-0.4, -0.2) is 32.4 Å². The maximum atomic E-state index is 11.4. The maximum Gasteiger partial charge on any atom is 0.273 e. The molecule has 0 saturated heterocycles. The molecule has 10 heteroatoms. The average Bonchev–Trinajstić information content (AvgIpc) is 2.87. The SMILES string of the molecule is C=C1CC(COCc2ccccc2)C1.O=C(Cl)C(Cl)(Cl)Cl.O=C1CC2(CC(COCc3ccccc3)C2)C1(Cl)Cl. The molecule has 0 atom stereocenters. The molecule has 0 aromatic heterocycles. The van der Waals surface area contributed by atoms with E-state index in [9.17, 15) is 9.59 Å². The van der Waals surface area contributed by atoms with Crippen LogP contribution in [0.3, 0.4) is 0 Å². The Hall–Kier alpha value is -0.820. The molecule has 0 radical (unpaired) electrons. The zero-order valence-electron chi connectivity index (χ0n) is 21.9. The number of hydrogen-bond acceptors (Lipinski definition) is 4. The summed E-state index contributed by atoms with van der Waals surface area (Å²) in [5, 5.41) is -0.988. The number of benzene rings is 2. The van der Waals surface area contributed by atoms with Gasteiger partial charge in [0, 0.05) is 18.4 Å². The topological polar surface area (TPSA) is 52.6 Å². The number of ketones is 1. The summed E-state index contributed by atoms with van der Waals surface area (Å²) < 4.78 is 8.25. The number of carbonyl (C=O) groups excluding carboxylic acids is 2. The minimum Gasteiger partial charge on any atom is -0.376 e. The van der Waals surface area contributed by atoms with E-state index in [0.717, 1.165) is 44.8 Å². The molecule has 2 aromatic rings. The number of halogens is 6. The summed E-state index contributed by atoms with van der Waals surface area (Å²) in [6, 6.07) is 20.4. The molecule has 3 saturated carbocycles. The molecular formula is C30H32Cl6O4. The average molecular weight is 669 g/mol. The zero-order chi connectivity index (χ0) is 29.4. The molecule has 0 aliphatic heterocycles. The van der Waals surface area contributed by atoms with Crippen LogP contribution in [0, 0.1) is 17.3 Å². The van der Waals surface area contributed by atoms with Gasteiger partial charge in [0.2, 0.25) is 0 Å². The van der Waals surface area contributed by atoms with E-state index >= 15 is 0 Å². The quantitative estimate of drug-likeness (QED) is 0.160. The van der Waals surface area contributed by atoms with Crippen LogP contribution in [0.4, 0.5) is 0 Å². The van der Waals surface area contributed by atoms with Gasteiger partial charge >= 0.3 is 0 Å². The third-order valence-electron chi connectivity index (χ3n) is 7.18. The summed E-state index contributed by atoms with van der Waals surface area (Å²) in [6.45, 7) is 6.90. The van der Waals surface area contributed by atoms with Crippen molar-refractivity contribution in [3.63, 3.8) is 0 Å². The third kappa shape index (κ3) is 9.61. The predicted molar refractivity (Wildman–Crippen MR) is 164 cm³/mol. The monoisotopic (exact) mass is 666 g/mol. The van der Waals surface area contributed by atoms with Crippen molar-refractivity contribution in [2.45, 2.75) is 53.4 Å². The van der Waals surface area contributed by atoms with Gasteiger partial charge in [0.15, 0.2) is 10.1 Å². The predicted octanol–water partition coefficient (Wildman–Crippen LogP) is 9.04. The molecule has 5 rings (SSSR count). The smallest absolute Gasteiger partial charge is 0.273 e. The number of alkyl halides is 5. The lowest BCUT2D eigenvalue weighted by Crippen LogP contribution is -2.64. The molecule has 1 spiro atoms. The van der Waals surface area contributed by atoms with Gasteiger partial charge in [-0.2, -0.15) is 0 Å². The first-order valence-corrected chi connectivity index (χ1v) is 15.2. The van der Waals surface area contributed by atoms with Gasteiger partial charge in [0.25, 0.3) is 9.03 Å². The first-order valence-electron chi connectivity index (χ1n) is 12.9. The van der Waals surface area contributed by atoms with E-state index in [0.29, 0.717) is 25.6 Å². The van der Waals surface area contributed by atoms with Gasteiger partial charge in [0.1, 0.15) is 0 Å². The molecule has 4 nitrogen and oxygen atoms in total. The highest BCUT2D eigenvalue weighted by Crippen LogP contribution is 2.66. The molecule has 40 heavy (non-hydrogen) atoms. The molecule has 0 unspecified atom stereocenters. The van der Waals surface area contributed by atoms with E-state index in [2.05, 4.69) is 30.8 Å². The number of rotatable bonds is 8. The van der Waals surface area contributed by atoms with Crippen molar-refractivity contribution in [3.05, 3.63) is 83.9 Å². The van der Waals surface area contributed by atoms with Crippen LogP contribution in [0.25, 0.3) is 0 Å². The highest BCUT2D eigenvalue weighted by atomic mass is 35.6. The van der Waals surface area contributed by atoms with Crippen molar-refractivity contribution < 1.29 is 19.1 Å². The fraction of sp³-hybridized carbons (Fsp3) is 0.467. The molecule has 0 heterocycles. The van der Waals surface area contributed by atoms with Gasteiger partial charge in [-0.05, 0) is 60.2 Å². The van der Waals surface area contributed by atoms with Crippen LogP contribution in [-0.2, 0) is 32.3 Å². The Balaban J connectivity index is 0.000000185. The van der Waals surface area contributed by atoms with Crippen molar-refractivity contribution in [1.82, 2.24) is 0 Å². The molecule has 0 bridgehead atoms. The lowest BCUT2D eigenvalue weighted by atomic mass is 9.50. The zero-order valence-corrected chi connectivity index (χ0v) is 26.4. The second-order valence-electron chi connectivity index (χ2n) is 10.5. The van der Waals surface area contributed by atoms with Crippen molar-refractivity contribution in [2.24, 2.45) is 17.3 Å². The van der Waals surface area contributed by atoms with E-state index in [1.807, 2.05) is 36.4 Å². The van der Waals surface area contributed by atoms with E-state index in [4.69, 9.17) is 79.1 Å². The number of allylic oxidation sites excluding steroid dienone is 1. The van der Waals surface area contributed by atoms with Gasteiger partial charge in [-0.25, -0.2) is 0 Å². The third-order valence-corrected chi connectivity index (χ3v) is 9.49. The Kier molecular flexibility index (Phi) is 12.7. The van der Waals surface area contributed by atoms with E-state index in [-0.39, 0.29) is 11.2 Å². The van der Waals surface area contributed by atoms with Gasteiger partial charge in [-0.1, -0.05) is 131 Å². The van der Waals surface area contributed by atoms with Gasteiger partial charge in [-0.15, -0.1) is 0 Å². The minimum absolute atomic E-state index is 0.0283. The summed E-state index contributed by atoms with van der Waals surface area (Å²) in [5.41, 5.74) is 3.65. The summed E-state index contributed by atoms with van der Waals surface area (Å²) in [5.74, 6) is 1.18.